The lowest BCUT2D eigenvalue weighted by Gasteiger charge is -2.33. The van der Waals surface area contributed by atoms with Crippen LogP contribution in [0.15, 0.2) is 158 Å². The molecule has 556 valence electrons. The van der Waals surface area contributed by atoms with Crippen molar-refractivity contribution < 1.29 is 14.3 Å². The maximum atomic E-state index is 12.1. The first kappa shape index (κ1) is 77.2. The molecule has 0 amide bonds. The number of aryl methyl sites for hydroxylation is 2. The minimum atomic E-state index is -0.377. The number of carbonyl (C=O) groups excluding carboxylic acids is 1. The predicted molar refractivity (Wildman–Crippen MR) is 453 cm³/mol. The first-order valence-corrected chi connectivity index (χ1v) is 42.4. The standard InChI is InChI=1S/C100H128N2O3/c1-11-17-22-26-30-34-55-99(56-35-31-27-23-18-12-2)90-64-74(10)39-47-82(90)83-48-41-79(68-91(83)99)77-45-53-96-88(66-77)89-67-78(46-54-97(89)102(96)71-75(16-6)38-21-15-5)81-43-50-85-84-49-42-80(69-92(84)100(93(85)70-81,57-36-32-28-24-19-13-3)58-37-33-29-25-20-14-4)76-44-52-95-87(65-76)86-63-73(9)40-51-94(86)101(95)59-60-104-61-62-105-98(103)72(7)8/h39-54,63-70,75H,7,11-38,55-62,71H2,1-6,8-10H3. The van der Waals surface area contributed by atoms with Crippen molar-refractivity contribution in [1.29, 1.82) is 0 Å². The predicted octanol–water partition coefficient (Wildman–Crippen LogP) is 29.4. The number of ether oxygens (including phenoxy) is 2. The quantitative estimate of drug-likeness (QED) is 0.0217. The molecule has 0 spiro atoms. The highest BCUT2D eigenvalue weighted by molar-refractivity contribution is 6.11. The van der Waals surface area contributed by atoms with Crippen LogP contribution in [-0.2, 0) is 38.2 Å². The molecule has 0 saturated heterocycles. The van der Waals surface area contributed by atoms with Gasteiger partial charge in [0.2, 0.25) is 0 Å². The van der Waals surface area contributed by atoms with Gasteiger partial charge in [-0.05, 0) is 203 Å². The monoisotopic (exact) mass is 1400 g/mol. The van der Waals surface area contributed by atoms with Gasteiger partial charge in [-0.3, -0.25) is 0 Å². The van der Waals surface area contributed by atoms with E-state index in [0.29, 0.717) is 31.2 Å². The van der Waals surface area contributed by atoms with E-state index >= 15 is 0 Å². The first-order chi connectivity index (χ1) is 51.4. The highest BCUT2D eigenvalue weighted by Crippen LogP contribution is 2.58. The highest BCUT2D eigenvalue weighted by Gasteiger charge is 2.44. The number of aromatic nitrogens is 2. The lowest BCUT2D eigenvalue weighted by atomic mass is 9.70. The molecule has 12 rings (SSSR count). The Bertz CT molecular complexity index is 4530. The summed E-state index contributed by atoms with van der Waals surface area (Å²) in [4.78, 5) is 12.1. The van der Waals surface area contributed by atoms with Gasteiger partial charge in [-0.15, -0.1) is 0 Å². The zero-order chi connectivity index (χ0) is 73.3. The number of benzene rings is 8. The van der Waals surface area contributed by atoms with Crippen LogP contribution in [0.4, 0.5) is 0 Å². The minimum absolute atomic E-state index is 0.0226. The van der Waals surface area contributed by atoms with E-state index < -0.39 is 0 Å². The number of hydrogen-bond acceptors (Lipinski definition) is 3. The summed E-state index contributed by atoms with van der Waals surface area (Å²) < 4.78 is 16.6. The van der Waals surface area contributed by atoms with Crippen LogP contribution in [0.25, 0.3) is 99.2 Å². The summed E-state index contributed by atoms with van der Waals surface area (Å²) in [6.45, 7) is 26.9. The van der Waals surface area contributed by atoms with Gasteiger partial charge < -0.3 is 18.6 Å². The van der Waals surface area contributed by atoms with Gasteiger partial charge in [-0.2, -0.15) is 0 Å². The van der Waals surface area contributed by atoms with Crippen molar-refractivity contribution in [1.82, 2.24) is 9.13 Å². The Hall–Kier alpha value is -7.47. The Labute approximate surface area is 633 Å². The third kappa shape index (κ3) is 17.3. The fraction of sp³-hybridized carbons (Fsp3) is 0.490. The average molecular weight is 1410 g/mol. The Morgan fingerprint density at radius 1 is 0.371 bits per heavy atom. The van der Waals surface area contributed by atoms with Crippen molar-refractivity contribution in [3.05, 3.63) is 191 Å². The fourth-order valence-corrected chi connectivity index (χ4v) is 18.8. The second kappa shape index (κ2) is 36.9. The van der Waals surface area contributed by atoms with Gasteiger partial charge in [0.25, 0.3) is 0 Å². The van der Waals surface area contributed by atoms with E-state index in [9.17, 15) is 4.79 Å². The van der Waals surface area contributed by atoms with Crippen LogP contribution in [-0.4, -0.2) is 34.9 Å². The highest BCUT2D eigenvalue weighted by atomic mass is 16.6. The molecule has 0 fully saturated rings. The molecule has 1 unspecified atom stereocenters. The van der Waals surface area contributed by atoms with Crippen LogP contribution in [0.2, 0.25) is 0 Å². The van der Waals surface area contributed by atoms with Crippen molar-refractivity contribution in [2.75, 3.05) is 19.8 Å². The van der Waals surface area contributed by atoms with E-state index in [1.165, 1.54) is 309 Å². The smallest absolute Gasteiger partial charge is 0.333 e. The zero-order valence-electron chi connectivity index (χ0n) is 66.4. The molecule has 2 aliphatic rings. The summed E-state index contributed by atoms with van der Waals surface area (Å²) >= 11 is 0. The second-order valence-electron chi connectivity index (χ2n) is 32.5. The summed E-state index contributed by atoms with van der Waals surface area (Å²) in [5, 5.41) is 5.29. The second-order valence-corrected chi connectivity index (χ2v) is 32.5. The molecule has 2 heterocycles. The number of fused-ring (bicyclic) bond motifs is 12. The van der Waals surface area contributed by atoms with E-state index in [2.05, 4.69) is 217 Å². The number of unbranched alkanes of at least 4 members (excludes halogenated alkanes) is 21. The molecule has 0 radical (unpaired) electrons. The van der Waals surface area contributed by atoms with Gasteiger partial charge in [0.15, 0.2) is 0 Å². The molecule has 2 aromatic heterocycles. The molecular formula is C100H128N2O3. The Kier molecular flexibility index (Phi) is 27.1. The van der Waals surface area contributed by atoms with E-state index in [4.69, 9.17) is 9.47 Å². The summed E-state index contributed by atoms with van der Waals surface area (Å²) in [6, 6.07) is 59.6. The molecule has 2 aliphatic carbocycles. The number of hydrogen-bond donors (Lipinski definition) is 0. The van der Waals surface area contributed by atoms with Gasteiger partial charge in [0.1, 0.15) is 6.61 Å². The van der Waals surface area contributed by atoms with Crippen molar-refractivity contribution in [3.8, 4) is 55.6 Å². The Balaban J connectivity index is 0.946. The van der Waals surface area contributed by atoms with Gasteiger partial charge in [0.05, 0.1) is 13.2 Å². The molecule has 8 aromatic carbocycles. The molecule has 0 saturated carbocycles. The van der Waals surface area contributed by atoms with Crippen molar-refractivity contribution >= 4 is 49.6 Å². The zero-order valence-corrected chi connectivity index (χ0v) is 66.4. The van der Waals surface area contributed by atoms with Crippen LogP contribution in [0.5, 0.6) is 0 Å². The van der Waals surface area contributed by atoms with E-state index in [1.54, 1.807) is 23.6 Å². The molecule has 0 bridgehead atoms. The summed E-state index contributed by atoms with van der Waals surface area (Å²) in [7, 11) is 0. The van der Waals surface area contributed by atoms with Crippen LogP contribution >= 0.6 is 0 Å². The van der Waals surface area contributed by atoms with Crippen LogP contribution in [0.1, 0.15) is 287 Å². The van der Waals surface area contributed by atoms with Crippen LogP contribution in [0.3, 0.4) is 0 Å². The van der Waals surface area contributed by atoms with Crippen LogP contribution in [0, 0.1) is 19.8 Å². The van der Waals surface area contributed by atoms with Crippen molar-refractivity contribution in [2.45, 2.75) is 292 Å². The average Bonchev–Trinajstić information content (AvgIpc) is 1.57. The molecule has 105 heavy (non-hydrogen) atoms. The largest absolute Gasteiger partial charge is 0.460 e. The SMILES string of the molecule is C=C(C)C(=O)OCCOCCn1c2ccc(C)cc2c2cc(-c3ccc4c(c3)C(CCCCCCCC)(CCCCCCCC)c3cc(-c5ccc6c(c5)c5cc(-c7ccc8c(c7)C(CCCCCCCC)(CCCCCCCC)c7cc(C)ccc7-8)ccc5n6CC(CC)CCCC)ccc3-4)ccc21. The molecule has 5 nitrogen and oxygen atoms in total. The van der Waals surface area contributed by atoms with E-state index in [-0.39, 0.29) is 23.4 Å². The summed E-state index contributed by atoms with van der Waals surface area (Å²) in [5.74, 6) is 0.240. The third-order valence-corrected chi connectivity index (χ3v) is 24.8. The molecular weight excluding hydrogens is 1280 g/mol. The van der Waals surface area contributed by atoms with Gasteiger partial charge in [-0.1, -0.05) is 311 Å². The van der Waals surface area contributed by atoms with Gasteiger partial charge in [-0.25, -0.2) is 4.79 Å². The number of carbonyl (C=O) groups is 1. The Morgan fingerprint density at radius 3 is 1.11 bits per heavy atom. The van der Waals surface area contributed by atoms with Crippen LogP contribution < -0.4 is 0 Å². The van der Waals surface area contributed by atoms with Crippen molar-refractivity contribution in [3.63, 3.8) is 0 Å². The van der Waals surface area contributed by atoms with E-state index in [0.717, 1.165) is 19.4 Å². The summed E-state index contributed by atoms with van der Waals surface area (Å²) in [5.41, 5.74) is 28.0. The normalized spacial score (nSPS) is 13.7. The Morgan fingerprint density at radius 2 is 0.705 bits per heavy atom. The number of nitrogens with zero attached hydrogens (tertiary/aromatic N) is 2. The number of esters is 1. The fourth-order valence-electron chi connectivity index (χ4n) is 18.8. The molecule has 5 heteroatoms. The maximum absolute atomic E-state index is 12.1. The molecule has 0 N–H and O–H groups in total. The maximum Gasteiger partial charge on any atom is 0.333 e. The molecule has 10 aromatic rings. The topological polar surface area (TPSA) is 45.4 Å². The number of rotatable bonds is 44. The van der Waals surface area contributed by atoms with E-state index in [1.807, 2.05) is 0 Å². The van der Waals surface area contributed by atoms with Crippen molar-refractivity contribution in [2.24, 2.45) is 5.92 Å². The summed E-state index contributed by atoms with van der Waals surface area (Å²) in [6.07, 6.45) is 41.0. The lowest BCUT2D eigenvalue weighted by Crippen LogP contribution is -2.25. The van der Waals surface area contributed by atoms with Gasteiger partial charge >= 0.3 is 5.97 Å². The molecule has 0 aliphatic heterocycles. The molecule has 1 atom stereocenters. The minimum Gasteiger partial charge on any atom is -0.460 e. The van der Waals surface area contributed by atoms with Gasteiger partial charge in [0, 0.05) is 73.1 Å². The first-order valence-electron chi connectivity index (χ1n) is 42.4. The third-order valence-electron chi connectivity index (χ3n) is 24.8. The lowest BCUT2D eigenvalue weighted by molar-refractivity contribution is -0.140.